The number of halogens is 3. The highest BCUT2D eigenvalue weighted by molar-refractivity contribution is 9.10. The van der Waals surface area contributed by atoms with E-state index in [2.05, 4.69) is 15.9 Å². The molecule has 2 fully saturated rings. The molecule has 0 unspecified atom stereocenters. The summed E-state index contributed by atoms with van der Waals surface area (Å²) >= 11 is 2.81. The van der Waals surface area contributed by atoms with E-state index < -0.39 is 34.8 Å². The summed E-state index contributed by atoms with van der Waals surface area (Å²) in [6.45, 7) is 6.40. The topological polar surface area (TPSA) is 49.9 Å². The smallest absolute Gasteiger partial charge is 0.410 e. The summed E-state index contributed by atoms with van der Waals surface area (Å²) in [5.74, 6) is -2.05. The second kappa shape index (κ2) is 6.48. The zero-order valence-electron chi connectivity index (χ0n) is 14.9. The minimum atomic E-state index is -0.814. The van der Waals surface area contributed by atoms with Crippen LogP contribution in [0.5, 0.6) is 0 Å². The fourth-order valence-corrected chi connectivity index (χ4v) is 3.41. The van der Waals surface area contributed by atoms with Crippen molar-refractivity contribution < 1.29 is 23.1 Å². The Hall–Kier alpha value is -1.70. The Bertz CT molecular complexity index is 736. The van der Waals surface area contributed by atoms with Crippen LogP contribution in [0.1, 0.15) is 44.0 Å². The van der Waals surface area contributed by atoms with Gasteiger partial charge in [-0.2, -0.15) is 0 Å². The first-order chi connectivity index (χ1) is 12.0. The Morgan fingerprint density at radius 2 is 1.73 bits per heavy atom. The van der Waals surface area contributed by atoms with Crippen LogP contribution in [0.2, 0.25) is 0 Å². The molecule has 0 atom stereocenters. The Labute approximate surface area is 159 Å². The van der Waals surface area contributed by atoms with E-state index in [-0.39, 0.29) is 10.0 Å². The monoisotopic (exact) mass is 430 g/mol. The summed E-state index contributed by atoms with van der Waals surface area (Å²) in [5, 5.41) is 0. The third-order valence-electron chi connectivity index (χ3n) is 4.61. The lowest BCUT2D eigenvalue weighted by Crippen LogP contribution is -2.58. The third kappa shape index (κ3) is 3.70. The summed E-state index contributed by atoms with van der Waals surface area (Å²) in [5.41, 5.74) is -1.08. The molecule has 2 aliphatic rings. The zero-order valence-corrected chi connectivity index (χ0v) is 16.5. The van der Waals surface area contributed by atoms with Crippen molar-refractivity contribution in [2.24, 2.45) is 0 Å². The lowest BCUT2D eigenvalue weighted by molar-refractivity contribution is 0.000622. The third-order valence-corrected chi connectivity index (χ3v) is 5.36. The van der Waals surface area contributed by atoms with Gasteiger partial charge in [0.05, 0.1) is 10.0 Å². The molecule has 1 aromatic rings. The number of carbonyl (C=O) groups excluding carboxylic acids is 2. The van der Waals surface area contributed by atoms with Gasteiger partial charge in [0.25, 0.3) is 5.91 Å². The normalized spacial score (nSPS) is 18.8. The molecule has 1 aromatic carbocycles. The molecular formula is C18H21BrF2N2O3. The van der Waals surface area contributed by atoms with Crippen LogP contribution in [0.25, 0.3) is 0 Å². The molecule has 142 valence electrons. The van der Waals surface area contributed by atoms with E-state index in [1.807, 2.05) is 0 Å². The van der Waals surface area contributed by atoms with Gasteiger partial charge < -0.3 is 14.5 Å². The van der Waals surface area contributed by atoms with E-state index in [1.165, 1.54) is 0 Å². The molecule has 0 radical (unpaired) electrons. The SMILES string of the molecule is CC(C)(C)OC(=O)N1CCN(C(=O)c2cc(F)c(Br)c(F)c2)C2(CC2)C1. The maximum atomic E-state index is 13.8. The predicted molar refractivity (Wildman–Crippen MR) is 94.9 cm³/mol. The van der Waals surface area contributed by atoms with Crippen molar-refractivity contribution in [1.29, 1.82) is 0 Å². The summed E-state index contributed by atoms with van der Waals surface area (Å²) in [7, 11) is 0. The van der Waals surface area contributed by atoms with Crippen LogP contribution in [0.15, 0.2) is 16.6 Å². The van der Waals surface area contributed by atoms with Gasteiger partial charge in [0.2, 0.25) is 0 Å². The van der Waals surface area contributed by atoms with Crippen molar-refractivity contribution in [2.75, 3.05) is 19.6 Å². The van der Waals surface area contributed by atoms with Crippen molar-refractivity contribution in [3.05, 3.63) is 33.8 Å². The molecule has 0 N–H and O–H groups in total. The molecule has 1 saturated carbocycles. The fraction of sp³-hybridized carbons (Fsp3) is 0.556. The minimum absolute atomic E-state index is 0.0276. The molecule has 8 heteroatoms. The molecule has 0 aromatic heterocycles. The van der Waals surface area contributed by atoms with E-state index >= 15 is 0 Å². The van der Waals surface area contributed by atoms with Crippen molar-refractivity contribution in [3.8, 4) is 0 Å². The van der Waals surface area contributed by atoms with Crippen LogP contribution in [-0.2, 0) is 4.74 Å². The Morgan fingerprint density at radius 3 is 2.23 bits per heavy atom. The number of piperazine rings is 1. The first kappa shape index (κ1) is 19.1. The predicted octanol–water partition coefficient (Wildman–Crippen LogP) is 3.95. The molecule has 1 saturated heterocycles. The quantitative estimate of drug-likeness (QED) is 0.633. The lowest BCUT2D eigenvalue weighted by atomic mass is 10.1. The molecule has 3 rings (SSSR count). The fourth-order valence-electron chi connectivity index (χ4n) is 3.18. The van der Waals surface area contributed by atoms with Gasteiger partial charge in [0, 0.05) is 25.2 Å². The number of nitrogens with zero attached hydrogens (tertiary/aromatic N) is 2. The highest BCUT2D eigenvalue weighted by Gasteiger charge is 2.54. The van der Waals surface area contributed by atoms with Gasteiger partial charge in [0.15, 0.2) is 0 Å². The van der Waals surface area contributed by atoms with E-state index in [1.54, 1.807) is 30.6 Å². The molecule has 1 heterocycles. The van der Waals surface area contributed by atoms with Crippen molar-refractivity contribution in [3.63, 3.8) is 0 Å². The Kier molecular flexibility index (Phi) is 4.75. The Balaban J connectivity index is 1.76. The van der Waals surface area contributed by atoms with Crippen LogP contribution in [-0.4, -0.2) is 52.6 Å². The second-order valence-corrected chi connectivity index (χ2v) is 8.63. The largest absolute Gasteiger partial charge is 0.444 e. The first-order valence-corrected chi connectivity index (χ1v) is 9.26. The summed E-state index contributed by atoms with van der Waals surface area (Å²) < 4.78 is 32.7. The van der Waals surface area contributed by atoms with Gasteiger partial charge >= 0.3 is 6.09 Å². The van der Waals surface area contributed by atoms with Crippen LogP contribution in [0.4, 0.5) is 13.6 Å². The first-order valence-electron chi connectivity index (χ1n) is 8.47. The van der Waals surface area contributed by atoms with Crippen LogP contribution >= 0.6 is 15.9 Å². The molecular weight excluding hydrogens is 410 g/mol. The van der Waals surface area contributed by atoms with E-state index in [0.717, 1.165) is 25.0 Å². The number of benzene rings is 1. The maximum absolute atomic E-state index is 13.8. The van der Waals surface area contributed by atoms with Gasteiger partial charge in [-0.1, -0.05) is 0 Å². The average Bonchev–Trinajstić information content (AvgIpc) is 3.29. The standard InChI is InChI=1S/C18H21BrF2N2O3/c1-17(2,3)26-16(25)22-6-7-23(18(10-22)4-5-18)15(24)11-8-12(20)14(19)13(21)9-11/h8-9H,4-7,10H2,1-3H3. The van der Waals surface area contributed by atoms with Gasteiger partial charge in [-0.15, -0.1) is 0 Å². The molecule has 0 bridgehead atoms. The van der Waals surface area contributed by atoms with Crippen molar-refractivity contribution in [2.45, 2.75) is 44.8 Å². The molecule has 1 aliphatic heterocycles. The van der Waals surface area contributed by atoms with E-state index in [0.29, 0.717) is 19.6 Å². The molecule has 2 amide bonds. The number of ether oxygens (including phenoxy) is 1. The minimum Gasteiger partial charge on any atom is -0.444 e. The van der Waals surface area contributed by atoms with Gasteiger partial charge in [-0.25, -0.2) is 13.6 Å². The maximum Gasteiger partial charge on any atom is 0.410 e. The van der Waals surface area contributed by atoms with Gasteiger partial charge in [-0.3, -0.25) is 4.79 Å². The average molecular weight is 431 g/mol. The van der Waals surface area contributed by atoms with Crippen LogP contribution < -0.4 is 0 Å². The van der Waals surface area contributed by atoms with Crippen molar-refractivity contribution >= 4 is 27.9 Å². The van der Waals surface area contributed by atoms with Crippen LogP contribution in [0, 0.1) is 11.6 Å². The van der Waals surface area contributed by atoms with Crippen molar-refractivity contribution in [1.82, 2.24) is 9.80 Å². The van der Waals surface area contributed by atoms with Crippen LogP contribution in [0.3, 0.4) is 0 Å². The van der Waals surface area contributed by atoms with E-state index in [9.17, 15) is 18.4 Å². The highest BCUT2D eigenvalue weighted by Crippen LogP contribution is 2.45. The molecule has 5 nitrogen and oxygen atoms in total. The number of hydrogen-bond donors (Lipinski definition) is 0. The summed E-state index contributed by atoms with van der Waals surface area (Å²) in [6, 6.07) is 2.07. The lowest BCUT2D eigenvalue weighted by Gasteiger charge is -2.42. The molecule has 1 spiro atoms. The van der Waals surface area contributed by atoms with Gasteiger partial charge in [0.1, 0.15) is 17.2 Å². The molecule has 1 aliphatic carbocycles. The van der Waals surface area contributed by atoms with Gasteiger partial charge in [-0.05, 0) is 61.7 Å². The summed E-state index contributed by atoms with van der Waals surface area (Å²) in [6.07, 6.45) is 1.09. The summed E-state index contributed by atoms with van der Waals surface area (Å²) in [4.78, 5) is 28.4. The number of rotatable bonds is 1. The number of carbonyl (C=O) groups is 2. The Morgan fingerprint density at radius 1 is 1.15 bits per heavy atom. The molecule has 26 heavy (non-hydrogen) atoms. The zero-order chi connectivity index (χ0) is 19.3. The highest BCUT2D eigenvalue weighted by atomic mass is 79.9. The second-order valence-electron chi connectivity index (χ2n) is 7.84. The number of amides is 2. The number of hydrogen-bond acceptors (Lipinski definition) is 3. The van der Waals surface area contributed by atoms with E-state index in [4.69, 9.17) is 4.74 Å².